The normalized spacial score (nSPS) is 24.4. The molecule has 0 bridgehead atoms. The molecule has 0 aliphatic carbocycles. The van der Waals surface area contributed by atoms with Gasteiger partial charge in [-0.3, -0.25) is 9.69 Å². The van der Waals surface area contributed by atoms with Gasteiger partial charge in [0.15, 0.2) is 0 Å². The van der Waals surface area contributed by atoms with Crippen molar-refractivity contribution in [3.63, 3.8) is 0 Å². The average Bonchev–Trinajstić information content (AvgIpc) is 2.36. The first kappa shape index (κ1) is 15.0. The summed E-state index contributed by atoms with van der Waals surface area (Å²) in [7, 11) is 0. The van der Waals surface area contributed by atoms with Gasteiger partial charge in [-0.15, -0.1) is 0 Å². The molecule has 0 radical (unpaired) electrons. The number of hydrogen-bond acceptors (Lipinski definition) is 2. The van der Waals surface area contributed by atoms with Crippen molar-refractivity contribution < 1.29 is 9.90 Å². The fourth-order valence-corrected chi connectivity index (χ4v) is 3.15. The van der Waals surface area contributed by atoms with E-state index in [-0.39, 0.29) is 5.92 Å². The maximum Gasteiger partial charge on any atom is 0.307 e. The predicted molar refractivity (Wildman–Crippen MR) is 82.1 cm³/mol. The summed E-state index contributed by atoms with van der Waals surface area (Å²) < 4.78 is 2.07. The Hall–Kier alpha value is -0.390. The van der Waals surface area contributed by atoms with Crippen LogP contribution in [0, 0.1) is 5.92 Å². The Kier molecular flexibility index (Phi) is 5.03. The zero-order valence-electron chi connectivity index (χ0n) is 10.8. The smallest absolute Gasteiger partial charge is 0.307 e. The highest BCUT2D eigenvalue weighted by Gasteiger charge is 2.29. The van der Waals surface area contributed by atoms with Gasteiger partial charge in [0.25, 0.3) is 0 Å². The molecule has 1 aromatic carbocycles. The van der Waals surface area contributed by atoms with E-state index in [4.69, 9.17) is 5.11 Å². The van der Waals surface area contributed by atoms with Crippen LogP contribution in [0.5, 0.6) is 0 Å². The third-order valence-electron chi connectivity index (χ3n) is 3.73. The Morgan fingerprint density at radius 1 is 1.37 bits per heavy atom. The molecule has 1 N–H and O–H groups in total. The molecular formula is C14H17Br2NO2. The zero-order valence-corrected chi connectivity index (χ0v) is 13.9. The lowest BCUT2D eigenvalue weighted by Crippen LogP contribution is -2.43. The molecule has 2 unspecified atom stereocenters. The summed E-state index contributed by atoms with van der Waals surface area (Å²) in [6.45, 7) is 3.62. The molecule has 2 rings (SSSR count). The Bertz CT molecular complexity index is 479. The molecule has 3 nitrogen and oxygen atoms in total. The van der Waals surface area contributed by atoms with E-state index in [1.54, 1.807) is 0 Å². The second-order valence-corrected chi connectivity index (χ2v) is 6.85. The van der Waals surface area contributed by atoms with E-state index < -0.39 is 5.97 Å². The third kappa shape index (κ3) is 3.80. The van der Waals surface area contributed by atoms with Crippen molar-refractivity contribution in [2.45, 2.75) is 32.4 Å². The summed E-state index contributed by atoms with van der Waals surface area (Å²) in [6, 6.07) is 6.62. The monoisotopic (exact) mass is 389 g/mol. The van der Waals surface area contributed by atoms with Crippen molar-refractivity contribution in [3.05, 3.63) is 32.7 Å². The summed E-state index contributed by atoms with van der Waals surface area (Å²) in [4.78, 5) is 13.4. The van der Waals surface area contributed by atoms with Gasteiger partial charge in [0.1, 0.15) is 0 Å². The van der Waals surface area contributed by atoms with Gasteiger partial charge in [-0.05, 0) is 69.3 Å². The highest BCUT2D eigenvalue weighted by molar-refractivity contribution is 9.13. The summed E-state index contributed by atoms with van der Waals surface area (Å²) in [6.07, 6.45) is 1.74. The molecule has 2 atom stereocenters. The van der Waals surface area contributed by atoms with Crippen LogP contribution in [-0.2, 0) is 11.3 Å². The quantitative estimate of drug-likeness (QED) is 0.850. The van der Waals surface area contributed by atoms with Crippen molar-refractivity contribution in [1.82, 2.24) is 4.90 Å². The Morgan fingerprint density at radius 2 is 2.11 bits per heavy atom. The fraction of sp³-hybridized carbons (Fsp3) is 0.500. The SMILES string of the molecule is CC1CCC(C(=O)O)CN1Cc1ccc(Br)c(Br)c1. The number of halogens is 2. The molecule has 5 heteroatoms. The van der Waals surface area contributed by atoms with Gasteiger partial charge < -0.3 is 5.11 Å². The van der Waals surface area contributed by atoms with E-state index in [1.807, 2.05) is 6.07 Å². The van der Waals surface area contributed by atoms with Crippen molar-refractivity contribution >= 4 is 37.8 Å². The first-order chi connectivity index (χ1) is 8.97. The first-order valence-corrected chi connectivity index (χ1v) is 7.96. The minimum absolute atomic E-state index is 0.227. The van der Waals surface area contributed by atoms with Crippen molar-refractivity contribution in [2.24, 2.45) is 5.92 Å². The maximum atomic E-state index is 11.1. The zero-order chi connectivity index (χ0) is 14.0. The van der Waals surface area contributed by atoms with Crippen molar-refractivity contribution in [3.8, 4) is 0 Å². The number of carbonyl (C=O) groups is 1. The lowest BCUT2D eigenvalue weighted by atomic mass is 9.93. The highest BCUT2D eigenvalue weighted by Crippen LogP contribution is 2.27. The van der Waals surface area contributed by atoms with E-state index in [9.17, 15) is 4.79 Å². The van der Waals surface area contributed by atoms with Crippen LogP contribution in [0.1, 0.15) is 25.3 Å². The minimum Gasteiger partial charge on any atom is -0.481 e. The van der Waals surface area contributed by atoms with Crippen LogP contribution < -0.4 is 0 Å². The molecule has 1 aromatic rings. The van der Waals surface area contributed by atoms with Gasteiger partial charge in [-0.25, -0.2) is 0 Å². The molecule has 19 heavy (non-hydrogen) atoms. The van der Waals surface area contributed by atoms with Crippen LogP contribution in [-0.4, -0.2) is 28.6 Å². The van der Waals surface area contributed by atoms with Crippen LogP contribution in [0.2, 0.25) is 0 Å². The number of piperidine rings is 1. The summed E-state index contributed by atoms with van der Waals surface area (Å²) in [5.74, 6) is -0.899. The number of benzene rings is 1. The van der Waals surface area contributed by atoms with Crippen LogP contribution in [0.15, 0.2) is 27.1 Å². The Labute approximate surface area is 130 Å². The molecule has 0 spiro atoms. The number of carboxylic acid groups (broad SMARTS) is 1. The number of nitrogens with zero attached hydrogens (tertiary/aromatic N) is 1. The van der Waals surface area contributed by atoms with Gasteiger partial charge in [0, 0.05) is 28.1 Å². The molecule has 1 aliphatic rings. The average molecular weight is 391 g/mol. The molecule has 0 amide bonds. The van der Waals surface area contributed by atoms with Crippen LogP contribution in [0.3, 0.4) is 0 Å². The lowest BCUT2D eigenvalue weighted by molar-refractivity contribution is -0.144. The molecule has 1 heterocycles. The van der Waals surface area contributed by atoms with Crippen molar-refractivity contribution in [1.29, 1.82) is 0 Å². The Morgan fingerprint density at radius 3 is 2.74 bits per heavy atom. The minimum atomic E-state index is -0.672. The molecule has 1 fully saturated rings. The number of carboxylic acids is 1. The molecule has 1 aliphatic heterocycles. The molecule has 104 valence electrons. The highest BCUT2D eigenvalue weighted by atomic mass is 79.9. The Balaban J connectivity index is 2.07. The predicted octanol–water partition coefficient (Wildman–Crippen LogP) is 3.90. The van der Waals surface area contributed by atoms with E-state index in [1.165, 1.54) is 5.56 Å². The largest absolute Gasteiger partial charge is 0.481 e. The van der Waals surface area contributed by atoms with Gasteiger partial charge in [0.05, 0.1) is 5.92 Å². The van der Waals surface area contributed by atoms with Crippen LogP contribution in [0.4, 0.5) is 0 Å². The third-order valence-corrected chi connectivity index (χ3v) is 5.61. The van der Waals surface area contributed by atoms with E-state index in [0.29, 0.717) is 12.6 Å². The second kappa shape index (κ2) is 6.37. The van der Waals surface area contributed by atoms with Crippen LogP contribution >= 0.6 is 31.9 Å². The number of rotatable bonds is 3. The van der Waals surface area contributed by atoms with Gasteiger partial charge in [0.2, 0.25) is 0 Å². The van der Waals surface area contributed by atoms with Crippen molar-refractivity contribution in [2.75, 3.05) is 6.54 Å². The van der Waals surface area contributed by atoms with E-state index in [2.05, 4.69) is 55.8 Å². The summed E-state index contributed by atoms with van der Waals surface area (Å²) in [5.41, 5.74) is 1.20. The molecular weight excluding hydrogens is 374 g/mol. The number of hydrogen-bond donors (Lipinski definition) is 1. The van der Waals surface area contributed by atoms with Gasteiger partial charge >= 0.3 is 5.97 Å². The lowest BCUT2D eigenvalue weighted by Gasteiger charge is -2.36. The molecule has 0 aromatic heterocycles. The molecule has 0 saturated carbocycles. The van der Waals surface area contributed by atoms with Gasteiger partial charge in [-0.2, -0.15) is 0 Å². The number of aliphatic carboxylic acids is 1. The van der Waals surface area contributed by atoms with Crippen LogP contribution in [0.25, 0.3) is 0 Å². The summed E-state index contributed by atoms with van der Waals surface area (Å²) >= 11 is 6.96. The maximum absolute atomic E-state index is 11.1. The van der Waals surface area contributed by atoms with E-state index in [0.717, 1.165) is 28.3 Å². The second-order valence-electron chi connectivity index (χ2n) is 5.14. The molecule has 1 saturated heterocycles. The fourth-order valence-electron chi connectivity index (χ4n) is 2.47. The van der Waals surface area contributed by atoms with E-state index >= 15 is 0 Å². The van der Waals surface area contributed by atoms with Gasteiger partial charge in [-0.1, -0.05) is 6.07 Å². The number of likely N-dealkylation sites (tertiary alicyclic amines) is 1. The first-order valence-electron chi connectivity index (χ1n) is 6.38. The summed E-state index contributed by atoms with van der Waals surface area (Å²) in [5, 5.41) is 9.15. The standard InChI is InChI=1S/C14H17Br2NO2/c1-9-2-4-11(14(18)19)8-17(9)7-10-3-5-12(15)13(16)6-10/h3,5-6,9,11H,2,4,7-8H2,1H3,(H,18,19). The topological polar surface area (TPSA) is 40.5 Å².